The van der Waals surface area contributed by atoms with Crippen molar-refractivity contribution in [3.63, 3.8) is 0 Å². The lowest BCUT2D eigenvalue weighted by atomic mass is 10.1. The topological polar surface area (TPSA) is 134 Å². The number of hydrogen-bond donors (Lipinski definition) is 4. The average Bonchev–Trinajstić information content (AvgIpc) is 2.33. The van der Waals surface area contributed by atoms with Crippen LogP contribution in [0, 0.1) is 0 Å². The molecule has 2 heterocycles. The van der Waals surface area contributed by atoms with Crippen LogP contribution in [0.4, 0.5) is 0 Å². The molecule has 6 N–H and O–H groups in total. The molecule has 0 bridgehead atoms. The molecule has 9 nitrogen and oxygen atoms in total. The van der Waals surface area contributed by atoms with Crippen molar-refractivity contribution in [2.75, 3.05) is 13.1 Å². The average molecular weight is 292 g/mol. The fourth-order valence-electron chi connectivity index (χ4n) is 2.12. The molecule has 0 aliphatic carbocycles. The van der Waals surface area contributed by atoms with Gasteiger partial charge in [-0.25, -0.2) is 0 Å². The minimum atomic E-state index is -4.67. The Morgan fingerprint density at radius 1 is 1.42 bits per heavy atom. The lowest BCUT2D eigenvalue weighted by Crippen LogP contribution is -2.56. The second-order valence-electron chi connectivity index (χ2n) is 4.42. The molecule has 2 aliphatic heterocycles. The molecule has 108 valence electrons. The second-order valence-corrected chi connectivity index (χ2v) is 5.42. The summed E-state index contributed by atoms with van der Waals surface area (Å²) in [5.74, 6) is 0.726. The lowest BCUT2D eigenvalue weighted by Gasteiger charge is -2.33. The van der Waals surface area contributed by atoms with Crippen molar-refractivity contribution in [1.29, 1.82) is 0 Å². The molecule has 0 aromatic heterocycles. The van der Waals surface area contributed by atoms with Crippen LogP contribution in [0.15, 0.2) is 11.9 Å². The maximum atomic E-state index is 10.7. The van der Waals surface area contributed by atoms with Crippen molar-refractivity contribution in [3.8, 4) is 0 Å². The predicted molar refractivity (Wildman–Crippen MR) is 66.7 cm³/mol. The largest absolute Gasteiger partial charge is 0.481 e. The van der Waals surface area contributed by atoms with Crippen LogP contribution in [0.1, 0.15) is 19.3 Å². The van der Waals surface area contributed by atoms with Crippen molar-refractivity contribution < 1.29 is 22.0 Å². The van der Waals surface area contributed by atoms with Crippen LogP contribution in [0.5, 0.6) is 0 Å². The molecule has 0 aromatic carbocycles. The molecular formula is C9H18N5O4S+. The first-order chi connectivity index (χ1) is 8.87. The second kappa shape index (κ2) is 5.23. The summed E-state index contributed by atoms with van der Waals surface area (Å²) in [5, 5.41) is 2.88. The highest BCUT2D eigenvalue weighted by atomic mass is 32.3. The Hall–Kier alpha value is -1.52. The summed E-state index contributed by atoms with van der Waals surface area (Å²) in [5.41, 5.74) is 11.4. The van der Waals surface area contributed by atoms with E-state index in [4.69, 9.17) is 16.0 Å². The van der Waals surface area contributed by atoms with E-state index in [0.29, 0.717) is 4.74 Å². The Kier molecular flexibility index (Phi) is 3.83. The van der Waals surface area contributed by atoms with Gasteiger partial charge in [-0.2, -0.15) is 12.7 Å². The van der Waals surface area contributed by atoms with Crippen LogP contribution in [0.25, 0.3) is 0 Å². The van der Waals surface area contributed by atoms with Crippen LogP contribution in [0.3, 0.4) is 0 Å². The van der Waals surface area contributed by atoms with Gasteiger partial charge in [-0.1, -0.05) is 0 Å². The third-order valence-corrected chi connectivity index (χ3v) is 3.31. The van der Waals surface area contributed by atoms with Gasteiger partial charge >= 0.3 is 16.2 Å². The van der Waals surface area contributed by atoms with Crippen LogP contribution < -0.4 is 16.8 Å². The molecule has 0 saturated carbocycles. The molecule has 1 atom stereocenters. The third kappa shape index (κ3) is 3.49. The van der Waals surface area contributed by atoms with E-state index in [9.17, 15) is 8.42 Å². The van der Waals surface area contributed by atoms with E-state index in [1.165, 1.54) is 12.5 Å². The van der Waals surface area contributed by atoms with Gasteiger partial charge in [-0.05, 0) is 24.0 Å². The zero-order valence-electron chi connectivity index (χ0n) is 10.3. The van der Waals surface area contributed by atoms with Crippen molar-refractivity contribution in [1.82, 2.24) is 10.2 Å². The predicted octanol–water partition coefficient (Wildman–Crippen LogP) is -1.74. The molecule has 0 amide bonds. The molecule has 0 spiro atoms. The molecule has 1 saturated heterocycles. The Labute approximate surface area is 111 Å². The summed E-state index contributed by atoms with van der Waals surface area (Å²) in [6.45, 7) is 1.77. The highest BCUT2D eigenvalue weighted by Crippen LogP contribution is 2.14. The fraction of sp³-hybridized carbons (Fsp3) is 0.667. The van der Waals surface area contributed by atoms with Crippen molar-refractivity contribution in [2.24, 2.45) is 11.5 Å². The molecule has 10 heteroatoms. The van der Waals surface area contributed by atoms with E-state index in [1.54, 1.807) is 0 Å². The summed E-state index contributed by atoms with van der Waals surface area (Å²) in [6, 6.07) is 0. The van der Waals surface area contributed by atoms with Crippen molar-refractivity contribution in [2.45, 2.75) is 25.6 Å². The van der Waals surface area contributed by atoms with Gasteiger partial charge in [0.2, 0.25) is 0 Å². The zero-order valence-corrected chi connectivity index (χ0v) is 11.1. The van der Waals surface area contributed by atoms with Gasteiger partial charge in [0.05, 0.1) is 6.08 Å². The van der Waals surface area contributed by atoms with Crippen LogP contribution in [-0.4, -0.2) is 47.8 Å². The number of amidine groups is 1. The van der Waals surface area contributed by atoms with Gasteiger partial charge in [0.25, 0.3) is 6.29 Å². The highest BCUT2D eigenvalue weighted by Gasteiger charge is 2.30. The molecule has 19 heavy (non-hydrogen) atoms. The number of nitrogens with two attached hydrogens (primary N) is 2. The number of piperidine rings is 1. The molecule has 1 unspecified atom stereocenters. The van der Waals surface area contributed by atoms with Crippen LogP contribution in [0.2, 0.25) is 0 Å². The number of likely N-dealkylation sites (tertiary alicyclic amines) is 1. The minimum absolute atomic E-state index is 0.00412. The Morgan fingerprint density at radius 3 is 2.58 bits per heavy atom. The Balaban J connectivity index is 2.20. The third-order valence-electron chi connectivity index (χ3n) is 2.96. The summed E-state index contributed by atoms with van der Waals surface area (Å²) >= 11 is 0. The van der Waals surface area contributed by atoms with Crippen molar-refractivity contribution >= 4 is 16.2 Å². The molecule has 1 fully saturated rings. The number of hydrogen-bond acceptors (Lipinski definition) is 7. The highest BCUT2D eigenvalue weighted by molar-refractivity contribution is 7.80. The van der Waals surface area contributed by atoms with E-state index in [0.717, 1.165) is 31.8 Å². The van der Waals surface area contributed by atoms with E-state index in [1.807, 2.05) is 0 Å². The van der Waals surface area contributed by atoms with E-state index in [-0.39, 0.29) is 5.84 Å². The van der Waals surface area contributed by atoms with Gasteiger partial charge in [0.1, 0.15) is 5.82 Å². The van der Waals surface area contributed by atoms with Crippen LogP contribution in [-0.2, 0) is 14.7 Å². The summed E-state index contributed by atoms with van der Waals surface area (Å²) < 4.78 is 35.0. The summed E-state index contributed by atoms with van der Waals surface area (Å²) in [4.78, 5) is 2.08. The molecule has 2 rings (SSSR count). The smallest absolute Gasteiger partial charge is 0.358 e. The Bertz CT molecular complexity index is 509. The fourth-order valence-corrected chi connectivity index (χ4v) is 2.51. The summed E-state index contributed by atoms with van der Waals surface area (Å²) in [6.07, 6.45) is 3.88. The standard InChI is InChI=1S/C9H17N5O4S/c10-7-6-8(13-4-2-1-3-5-13)12-9(11)14(7)18-19(15,16)17/h6,9H,1-5,11H2,(H3,10,12,15,16,17)/p+1. The first-order valence-electron chi connectivity index (χ1n) is 5.94. The molecule has 0 radical (unpaired) electrons. The van der Waals surface area contributed by atoms with Crippen LogP contribution >= 0.6 is 0 Å². The van der Waals surface area contributed by atoms with E-state index >= 15 is 0 Å². The van der Waals surface area contributed by atoms with Crippen molar-refractivity contribution in [3.05, 3.63) is 11.9 Å². The number of nitrogens with zero attached hydrogens (tertiary/aromatic N) is 2. The molecule has 2 aliphatic rings. The number of hydroxylamine groups is 1. The van der Waals surface area contributed by atoms with Gasteiger partial charge in [0.15, 0.2) is 0 Å². The normalized spacial score (nSPS) is 24.8. The quantitative estimate of drug-likeness (QED) is 0.356. The SMILES string of the molecule is NC1=[N+](OS(=O)(=O)O)C(N)NC(N2CCCCC2)=C1. The first kappa shape index (κ1) is 13.9. The molecular weight excluding hydrogens is 274 g/mol. The zero-order chi connectivity index (χ0) is 14.0. The van der Waals surface area contributed by atoms with Gasteiger partial charge in [-0.3, -0.25) is 16.0 Å². The Morgan fingerprint density at radius 2 is 2.05 bits per heavy atom. The minimum Gasteiger partial charge on any atom is -0.358 e. The van der Waals surface area contributed by atoms with Gasteiger partial charge in [0, 0.05) is 13.1 Å². The van der Waals surface area contributed by atoms with E-state index < -0.39 is 16.7 Å². The monoisotopic (exact) mass is 292 g/mol. The lowest BCUT2D eigenvalue weighted by molar-refractivity contribution is -0.776. The maximum Gasteiger partial charge on any atom is 0.481 e. The van der Waals surface area contributed by atoms with Gasteiger partial charge in [-0.15, -0.1) is 0 Å². The molecule has 0 aromatic rings. The number of rotatable bonds is 3. The summed E-state index contributed by atoms with van der Waals surface area (Å²) in [7, 11) is -4.67. The maximum absolute atomic E-state index is 10.7. The number of nitrogens with one attached hydrogen (secondary N) is 1. The first-order valence-corrected chi connectivity index (χ1v) is 7.31. The van der Waals surface area contributed by atoms with Gasteiger partial charge < -0.3 is 10.2 Å². The van der Waals surface area contributed by atoms with E-state index in [2.05, 4.69) is 14.5 Å².